The molecule has 4 heteroatoms. The molecular weight excluding hydrogens is 408 g/mol. The van der Waals surface area contributed by atoms with E-state index in [2.05, 4.69) is 69.6 Å². The van der Waals surface area contributed by atoms with Crippen molar-refractivity contribution in [1.29, 1.82) is 0 Å². The van der Waals surface area contributed by atoms with Gasteiger partial charge in [-0.3, -0.25) is 0 Å². The zero-order valence-corrected chi connectivity index (χ0v) is 20.3. The Morgan fingerprint density at radius 2 is 1.79 bits per heavy atom. The third-order valence-electron chi connectivity index (χ3n) is 5.71. The number of benzene rings is 3. The first-order valence-electron chi connectivity index (χ1n) is 11.4. The SMILES string of the molecule is C=CCOc1ccccc1C(C)c1cccc(Oc2cc(C)c(/N=C\N(C)CC)cc2C)c1. The Morgan fingerprint density at radius 3 is 2.55 bits per heavy atom. The van der Waals surface area contributed by atoms with E-state index in [1.165, 1.54) is 5.56 Å². The average Bonchev–Trinajstić information content (AvgIpc) is 2.83. The van der Waals surface area contributed by atoms with Crippen molar-refractivity contribution in [3.05, 3.63) is 95.6 Å². The third-order valence-corrected chi connectivity index (χ3v) is 5.71. The molecule has 0 aliphatic heterocycles. The van der Waals surface area contributed by atoms with E-state index in [4.69, 9.17) is 9.47 Å². The molecule has 3 aromatic rings. The number of nitrogens with zero attached hydrogens (tertiary/aromatic N) is 2. The van der Waals surface area contributed by atoms with Gasteiger partial charge in [0.15, 0.2) is 0 Å². The summed E-state index contributed by atoms with van der Waals surface area (Å²) in [6, 6.07) is 20.5. The summed E-state index contributed by atoms with van der Waals surface area (Å²) in [6.07, 6.45) is 3.63. The van der Waals surface area contributed by atoms with E-state index < -0.39 is 0 Å². The maximum Gasteiger partial charge on any atom is 0.130 e. The maximum absolute atomic E-state index is 6.31. The smallest absolute Gasteiger partial charge is 0.130 e. The Balaban J connectivity index is 1.83. The maximum atomic E-state index is 6.31. The molecule has 0 amide bonds. The number of aryl methyl sites for hydroxylation is 2. The quantitative estimate of drug-likeness (QED) is 0.186. The minimum absolute atomic E-state index is 0.157. The lowest BCUT2D eigenvalue weighted by atomic mass is 9.92. The molecule has 172 valence electrons. The van der Waals surface area contributed by atoms with Crippen LogP contribution >= 0.6 is 0 Å². The van der Waals surface area contributed by atoms with Gasteiger partial charge in [0, 0.05) is 25.1 Å². The molecule has 0 aliphatic carbocycles. The van der Waals surface area contributed by atoms with Crippen LogP contribution in [-0.4, -0.2) is 31.4 Å². The van der Waals surface area contributed by atoms with E-state index in [-0.39, 0.29) is 5.92 Å². The Bertz CT molecular complexity index is 1120. The van der Waals surface area contributed by atoms with Gasteiger partial charge in [0.05, 0.1) is 12.0 Å². The van der Waals surface area contributed by atoms with Gasteiger partial charge in [0.1, 0.15) is 23.9 Å². The molecule has 0 N–H and O–H groups in total. The molecule has 3 rings (SSSR count). The summed E-state index contributed by atoms with van der Waals surface area (Å²) < 4.78 is 12.2. The van der Waals surface area contributed by atoms with Gasteiger partial charge in [-0.15, -0.1) is 0 Å². The van der Waals surface area contributed by atoms with Crippen LogP contribution in [0.3, 0.4) is 0 Å². The second kappa shape index (κ2) is 11.4. The largest absolute Gasteiger partial charge is 0.489 e. The number of aliphatic imine (C=N–C) groups is 1. The van der Waals surface area contributed by atoms with E-state index >= 15 is 0 Å². The second-order valence-electron chi connectivity index (χ2n) is 8.26. The highest BCUT2D eigenvalue weighted by molar-refractivity contribution is 5.64. The van der Waals surface area contributed by atoms with E-state index in [1.54, 1.807) is 6.08 Å². The predicted octanol–water partition coefficient (Wildman–Crippen LogP) is 7.42. The van der Waals surface area contributed by atoms with Gasteiger partial charge in [0.25, 0.3) is 0 Å². The summed E-state index contributed by atoms with van der Waals surface area (Å²) in [5.74, 6) is 2.69. The van der Waals surface area contributed by atoms with Crippen LogP contribution in [0.5, 0.6) is 17.2 Å². The summed E-state index contributed by atoms with van der Waals surface area (Å²) in [6.45, 7) is 13.6. The molecule has 0 aromatic heterocycles. The van der Waals surface area contributed by atoms with Crippen molar-refractivity contribution in [3.8, 4) is 17.2 Å². The standard InChI is InChI=1S/C29H34N2O2/c1-7-16-32-28-15-10-9-14-26(28)23(5)24-12-11-13-25(19-24)33-29-18-21(3)27(17-22(29)4)30-20-31(6)8-2/h7,9-15,17-20,23H,1,8,16H2,2-6H3/b30-20-. The first kappa shape index (κ1) is 24.1. The molecule has 1 atom stereocenters. The van der Waals surface area contributed by atoms with Crippen molar-refractivity contribution >= 4 is 12.0 Å². The molecule has 0 aliphatic rings. The lowest BCUT2D eigenvalue weighted by molar-refractivity contribution is 0.358. The summed E-state index contributed by atoms with van der Waals surface area (Å²) in [5, 5.41) is 0. The highest BCUT2D eigenvalue weighted by Gasteiger charge is 2.15. The van der Waals surface area contributed by atoms with Crippen molar-refractivity contribution in [2.24, 2.45) is 4.99 Å². The fraction of sp³-hybridized carbons (Fsp3) is 0.276. The molecule has 0 bridgehead atoms. The summed E-state index contributed by atoms with van der Waals surface area (Å²) >= 11 is 0. The van der Waals surface area contributed by atoms with Crippen LogP contribution in [0.1, 0.15) is 42.0 Å². The Labute approximate surface area is 198 Å². The molecule has 0 spiro atoms. The lowest BCUT2D eigenvalue weighted by Crippen LogP contribution is -2.14. The first-order valence-corrected chi connectivity index (χ1v) is 11.4. The number of rotatable bonds is 10. The van der Waals surface area contributed by atoms with Crippen LogP contribution < -0.4 is 9.47 Å². The van der Waals surface area contributed by atoms with Crippen LogP contribution in [0.25, 0.3) is 0 Å². The van der Waals surface area contributed by atoms with Crippen LogP contribution in [-0.2, 0) is 0 Å². The van der Waals surface area contributed by atoms with Gasteiger partial charge in [-0.05, 0) is 67.8 Å². The van der Waals surface area contributed by atoms with Crippen molar-refractivity contribution in [3.63, 3.8) is 0 Å². The zero-order chi connectivity index (χ0) is 23.8. The van der Waals surface area contributed by atoms with Crippen LogP contribution in [0, 0.1) is 13.8 Å². The van der Waals surface area contributed by atoms with Gasteiger partial charge >= 0.3 is 0 Å². The Kier molecular flexibility index (Phi) is 8.31. The minimum atomic E-state index is 0.157. The fourth-order valence-corrected chi connectivity index (χ4v) is 3.54. The monoisotopic (exact) mass is 442 g/mol. The number of hydrogen-bond acceptors (Lipinski definition) is 3. The van der Waals surface area contributed by atoms with Gasteiger partial charge < -0.3 is 14.4 Å². The minimum Gasteiger partial charge on any atom is -0.489 e. The first-order chi connectivity index (χ1) is 15.9. The number of para-hydroxylation sites is 1. The lowest BCUT2D eigenvalue weighted by Gasteiger charge is -2.18. The van der Waals surface area contributed by atoms with Gasteiger partial charge in [-0.2, -0.15) is 0 Å². The molecule has 0 heterocycles. The van der Waals surface area contributed by atoms with E-state index in [1.807, 2.05) is 48.6 Å². The normalized spacial score (nSPS) is 11.9. The zero-order valence-electron chi connectivity index (χ0n) is 20.3. The highest BCUT2D eigenvalue weighted by atomic mass is 16.5. The molecule has 4 nitrogen and oxygen atoms in total. The van der Waals surface area contributed by atoms with Crippen molar-refractivity contribution in [2.45, 2.75) is 33.6 Å². The molecule has 0 saturated carbocycles. The second-order valence-corrected chi connectivity index (χ2v) is 8.26. The summed E-state index contributed by atoms with van der Waals surface area (Å²) in [5.41, 5.74) is 5.39. The molecule has 33 heavy (non-hydrogen) atoms. The topological polar surface area (TPSA) is 34.1 Å². The van der Waals surface area contributed by atoms with Gasteiger partial charge in [-0.25, -0.2) is 4.99 Å². The molecule has 3 aromatic carbocycles. The molecule has 0 radical (unpaired) electrons. The van der Waals surface area contributed by atoms with Gasteiger partial charge in [-0.1, -0.05) is 49.9 Å². The van der Waals surface area contributed by atoms with Crippen molar-refractivity contribution < 1.29 is 9.47 Å². The Morgan fingerprint density at radius 1 is 1.00 bits per heavy atom. The fourth-order valence-electron chi connectivity index (χ4n) is 3.54. The van der Waals surface area contributed by atoms with Crippen molar-refractivity contribution in [2.75, 3.05) is 20.2 Å². The van der Waals surface area contributed by atoms with E-state index in [0.717, 1.165) is 46.2 Å². The molecular formula is C29H34N2O2. The average molecular weight is 443 g/mol. The predicted molar refractivity (Wildman–Crippen MR) is 139 cm³/mol. The molecule has 1 unspecified atom stereocenters. The number of ether oxygens (including phenoxy) is 2. The number of hydrogen-bond donors (Lipinski definition) is 0. The van der Waals surface area contributed by atoms with Crippen molar-refractivity contribution in [1.82, 2.24) is 4.90 Å². The molecule has 0 fully saturated rings. The Hall–Kier alpha value is -3.53. The third kappa shape index (κ3) is 6.26. The summed E-state index contributed by atoms with van der Waals surface area (Å²) in [7, 11) is 2.02. The summed E-state index contributed by atoms with van der Waals surface area (Å²) in [4.78, 5) is 6.66. The van der Waals surface area contributed by atoms with Crippen LogP contribution in [0.15, 0.2) is 78.3 Å². The molecule has 0 saturated heterocycles. The van der Waals surface area contributed by atoms with E-state index in [9.17, 15) is 0 Å². The van der Waals surface area contributed by atoms with Crippen LogP contribution in [0.4, 0.5) is 5.69 Å². The van der Waals surface area contributed by atoms with Crippen LogP contribution in [0.2, 0.25) is 0 Å². The van der Waals surface area contributed by atoms with E-state index in [0.29, 0.717) is 6.61 Å². The van der Waals surface area contributed by atoms with Gasteiger partial charge in [0.2, 0.25) is 0 Å². The highest BCUT2D eigenvalue weighted by Crippen LogP contribution is 2.35.